The molecule has 10 heavy (non-hydrogen) atoms. The summed E-state index contributed by atoms with van der Waals surface area (Å²) in [6.07, 6.45) is 0.728. The van der Waals surface area contributed by atoms with Crippen LogP contribution in [-0.4, -0.2) is 12.3 Å². The van der Waals surface area contributed by atoms with Crippen LogP contribution in [0.4, 0.5) is 0 Å². The molecule has 0 saturated carbocycles. The molecule has 0 amide bonds. The van der Waals surface area contributed by atoms with Crippen molar-refractivity contribution in [1.82, 2.24) is 0 Å². The molecule has 0 fully saturated rings. The van der Waals surface area contributed by atoms with Gasteiger partial charge in [0.2, 0.25) is 0 Å². The second-order valence-corrected chi connectivity index (χ2v) is 2.70. The highest BCUT2D eigenvalue weighted by atomic mass is 16.1. The summed E-state index contributed by atoms with van der Waals surface area (Å²) in [6.45, 7) is 7.63. The van der Waals surface area contributed by atoms with Crippen LogP contribution in [-0.2, 0) is 4.79 Å². The summed E-state index contributed by atoms with van der Waals surface area (Å²) in [6, 6.07) is 0. The summed E-state index contributed by atoms with van der Waals surface area (Å²) in [4.78, 5) is 10.8. The predicted molar refractivity (Wildman–Crippen MR) is 42.7 cm³/mol. The van der Waals surface area contributed by atoms with E-state index in [1.54, 1.807) is 6.92 Å². The molecular weight excluding hydrogens is 126 g/mol. The molecule has 0 aromatic rings. The van der Waals surface area contributed by atoms with Crippen molar-refractivity contribution < 1.29 is 4.79 Å². The number of hydrogen-bond donors (Lipinski definition) is 1. The lowest BCUT2D eigenvalue weighted by molar-refractivity contribution is -0.120. The zero-order chi connectivity index (χ0) is 8.15. The second kappa shape index (κ2) is 4.23. The summed E-state index contributed by atoms with van der Waals surface area (Å²) < 4.78 is 0. The highest BCUT2D eigenvalue weighted by molar-refractivity contribution is 5.78. The fourth-order valence-electron chi connectivity index (χ4n) is 0.814. The van der Waals surface area contributed by atoms with Gasteiger partial charge in [-0.2, -0.15) is 0 Å². The van der Waals surface area contributed by atoms with E-state index in [-0.39, 0.29) is 11.7 Å². The SMILES string of the molecule is C=C(C)C[C@H](CN)C(C)=O. The topological polar surface area (TPSA) is 43.1 Å². The van der Waals surface area contributed by atoms with Crippen LogP contribution in [0.15, 0.2) is 12.2 Å². The van der Waals surface area contributed by atoms with E-state index in [0.717, 1.165) is 12.0 Å². The lowest BCUT2D eigenvalue weighted by atomic mass is 9.98. The number of allylic oxidation sites excluding steroid dienone is 1. The molecule has 0 radical (unpaired) electrons. The number of carbonyl (C=O) groups excluding carboxylic acids is 1. The molecule has 2 nitrogen and oxygen atoms in total. The van der Waals surface area contributed by atoms with Crippen LogP contribution in [0.3, 0.4) is 0 Å². The van der Waals surface area contributed by atoms with Gasteiger partial charge in [-0.15, -0.1) is 6.58 Å². The average molecular weight is 141 g/mol. The maximum Gasteiger partial charge on any atom is 0.134 e. The summed E-state index contributed by atoms with van der Waals surface area (Å²) >= 11 is 0. The molecule has 58 valence electrons. The lowest BCUT2D eigenvalue weighted by Gasteiger charge is -2.09. The predicted octanol–water partition coefficient (Wildman–Crippen LogP) is 1.12. The van der Waals surface area contributed by atoms with Gasteiger partial charge < -0.3 is 5.73 Å². The summed E-state index contributed by atoms with van der Waals surface area (Å²) in [5.41, 5.74) is 6.38. The molecule has 0 aromatic heterocycles. The van der Waals surface area contributed by atoms with Crippen molar-refractivity contribution in [2.75, 3.05) is 6.54 Å². The van der Waals surface area contributed by atoms with E-state index in [4.69, 9.17) is 5.73 Å². The molecule has 0 aliphatic carbocycles. The van der Waals surface area contributed by atoms with Crippen LogP contribution in [0, 0.1) is 5.92 Å². The zero-order valence-corrected chi connectivity index (χ0v) is 6.68. The Kier molecular flexibility index (Phi) is 3.96. The van der Waals surface area contributed by atoms with Crippen molar-refractivity contribution in [3.8, 4) is 0 Å². The van der Waals surface area contributed by atoms with Gasteiger partial charge in [0.15, 0.2) is 0 Å². The van der Waals surface area contributed by atoms with Crippen molar-refractivity contribution in [2.24, 2.45) is 11.7 Å². The maximum absolute atomic E-state index is 10.8. The minimum atomic E-state index is -0.0162. The fraction of sp³-hybridized carbons (Fsp3) is 0.625. The smallest absolute Gasteiger partial charge is 0.134 e. The molecule has 0 bridgehead atoms. The second-order valence-electron chi connectivity index (χ2n) is 2.70. The molecule has 0 aromatic carbocycles. The number of rotatable bonds is 4. The fourth-order valence-corrected chi connectivity index (χ4v) is 0.814. The normalized spacial score (nSPS) is 12.7. The van der Waals surface area contributed by atoms with E-state index in [9.17, 15) is 4.79 Å². The van der Waals surface area contributed by atoms with Crippen molar-refractivity contribution in [3.05, 3.63) is 12.2 Å². The van der Waals surface area contributed by atoms with Gasteiger partial charge in [0.1, 0.15) is 5.78 Å². The Morgan fingerprint density at radius 2 is 2.10 bits per heavy atom. The van der Waals surface area contributed by atoms with Crippen molar-refractivity contribution in [3.63, 3.8) is 0 Å². The van der Waals surface area contributed by atoms with E-state index in [2.05, 4.69) is 6.58 Å². The Hall–Kier alpha value is -0.630. The van der Waals surface area contributed by atoms with Gasteiger partial charge in [0.25, 0.3) is 0 Å². The van der Waals surface area contributed by atoms with Crippen molar-refractivity contribution in [2.45, 2.75) is 20.3 Å². The third-order valence-electron chi connectivity index (χ3n) is 1.45. The molecule has 2 N–H and O–H groups in total. The maximum atomic E-state index is 10.8. The van der Waals surface area contributed by atoms with Crippen LogP contribution in [0.1, 0.15) is 20.3 Å². The van der Waals surface area contributed by atoms with E-state index in [0.29, 0.717) is 6.54 Å². The van der Waals surface area contributed by atoms with E-state index >= 15 is 0 Å². The first-order valence-corrected chi connectivity index (χ1v) is 3.42. The van der Waals surface area contributed by atoms with Crippen LogP contribution in [0.5, 0.6) is 0 Å². The summed E-state index contributed by atoms with van der Waals surface area (Å²) in [5, 5.41) is 0. The zero-order valence-electron chi connectivity index (χ0n) is 6.68. The number of Topliss-reactive ketones (excluding diaryl/α,β-unsaturated/α-hetero) is 1. The van der Waals surface area contributed by atoms with Crippen molar-refractivity contribution in [1.29, 1.82) is 0 Å². The molecule has 0 rings (SSSR count). The van der Waals surface area contributed by atoms with Gasteiger partial charge in [-0.25, -0.2) is 0 Å². The number of nitrogens with two attached hydrogens (primary N) is 1. The van der Waals surface area contributed by atoms with Gasteiger partial charge in [-0.3, -0.25) is 4.79 Å². The number of hydrogen-bond acceptors (Lipinski definition) is 2. The van der Waals surface area contributed by atoms with Crippen LogP contribution in [0.2, 0.25) is 0 Å². The molecule has 0 unspecified atom stereocenters. The van der Waals surface area contributed by atoms with E-state index in [1.165, 1.54) is 0 Å². The van der Waals surface area contributed by atoms with E-state index < -0.39 is 0 Å². The number of carbonyl (C=O) groups is 1. The molecule has 0 heterocycles. The largest absolute Gasteiger partial charge is 0.330 e. The first kappa shape index (κ1) is 9.37. The minimum Gasteiger partial charge on any atom is -0.330 e. The molecule has 1 atom stereocenters. The monoisotopic (exact) mass is 141 g/mol. The van der Waals surface area contributed by atoms with Gasteiger partial charge in [0.05, 0.1) is 0 Å². The summed E-state index contributed by atoms with van der Waals surface area (Å²) in [5.74, 6) is 0.142. The Bertz CT molecular complexity index is 140. The van der Waals surface area contributed by atoms with Gasteiger partial charge in [0, 0.05) is 12.5 Å². The third kappa shape index (κ3) is 3.41. The lowest BCUT2D eigenvalue weighted by Crippen LogP contribution is -2.21. The van der Waals surface area contributed by atoms with Crippen LogP contribution in [0.25, 0.3) is 0 Å². The molecule has 0 spiro atoms. The highest BCUT2D eigenvalue weighted by Crippen LogP contribution is 2.08. The van der Waals surface area contributed by atoms with Gasteiger partial charge in [-0.05, 0) is 20.3 Å². The third-order valence-corrected chi connectivity index (χ3v) is 1.45. The van der Waals surface area contributed by atoms with Crippen LogP contribution >= 0.6 is 0 Å². The first-order valence-electron chi connectivity index (χ1n) is 3.42. The van der Waals surface area contributed by atoms with Gasteiger partial charge in [-0.1, -0.05) is 5.57 Å². The molecule has 0 saturated heterocycles. The standard InChI is InChI=1S/C8H15NO/c1-6(2)4-8(5-9)7(3)10/h8H,1,4-5,9H2,2-3H3/t8-/m1/s1. The van der Waals surface area contributed by atoms with Gasteiger partial charge >= 0.3 is 0 Å². The Balaban J connectivity index is 3.83. The average Bonchev–Trinajstić information content (AvgIpc) is 1.81. The Morgan fingerprint density at radius 1 is 1.60 bits per heavy atom. The quantitative estimate of drug-likeness (QED) is 0.596. The van der Waals surface area contributed by atoms with Crippen LogP contribution < -0.4 is 5.73 Å². The minimum absolute atomic E-state index is 0.0162. The molecule has 0 aliphatic heterocycles. The Morgan fingerprint density at radius 3 is 2.20 bits per heavy atom. The first-order chi connectivity index (χ1) is 4.57. The number of ketones is 1. The molecular formula is C8H15NO. The molecule has 2 heteroatoms. The molecule has 0 aliphatic rings. The highest BCUT2D eigenvalue weighted by Gasteiger charge is 2.10. The van der Waals surface area contributed by atoms with Crippen molar-refractivity contribution >= 4 is 5.78 Å². The summed E-state index contributed by atoms with van der Waals surface area (Å²) in [7, 11) is 0. The Labute approximate surface area is 62.1 Å². The van der Waals surface area contributed by atoms with E-state index in [1.807, 2.05) is 6.92 Å².